The predicted octanol–water partition coefficient (Wildman–Crippen LogP) is 1.52. The number of nitrogens with zero attached hydrogens (tertiary/aromatic N) is 4. The van der Waals surface area contributed by atoms with E-state index in [0.717, 1.165) is 44.1 Å². The number of piperazine rings is 1. The van der Waals surface area contributed by atoms with E-state index in [0.29, 0.717) is 5.69 Å². The molecular formula is C15H18FN5. The summed E-state index contributed by atoms with van der Waals surface area (Å²) in [4.78, 5) is 12.7. The molecule has 0 atom stereocenters. The summed E-state index contributed by atoms with van der Waals surface area (Å²) in [7, 11) is 0. The molecule has 5 nitrogen and oxygen atoms in total. The van der Waals surface area contributed by atoms with Crippen LogP contribution in [-0.2, 0) is 6.54 Å². The van der Waals surface area contributed by atoms with Crippen LogP contribution < -0.4 is 10.6 Å². The third-order valence-electron chi connectivity index (χ3n) is 3.66. The standard InChI is InChI=1S/C15H18FN5/c16-13-8-12(9-18-10-13)11-20-4-6-21(7-5-20)15-14(17)2-1-3-19-15/h1-3,8-10H,4-7,11,17H2. The highest BCUT2D eigenvalue weighted by atomic mass is 19.1. The van der Waals surface area contributed by atoms with Crippen molar-refractivity contribution >= 4 is 11.5 Å². The van der Waals surface area contributed by atoms with Gasteiger partial charge in [0, 0.05) is 45.1 Å². The molecule has 3 rings (SSSR count). The quantitative estimate of drug-likeness (QED) is 0.927. The van der Waals surface area contributed by atoms with Gasteiger partial charge in [0.25, 0.3) is 0 Å². The first-order valence-corrected chi connectivity index (χ1v) is 6.99. The van der Waals surface area contributed by atoms with Crippen molar-refractivity contribution in [3.63, 3.8) is 0 Å². The third kappa shape index (κ3) is 3.28. The molecule has 0 aliphatic carbocycles. The van der Waals surface area contributed by atoms with Gasteiger partial charge >= 0.3 is 0 Å². The van der Waals surface area contributed by atoms with Crippen LogP contribution in [0.1, 0.15) is 5.56 Å². The Labute approximate surface area is 123 Å². The summed E-state index contributed by atoms with van der Waals surface area (Å²) >= 11 is 0. The molecule has 1 saturated heterocycles. The molecule has 110 valence electrons. The topological polar surface area (TPSA) is 58.3 Å². The van der Waals surface area contributed by atoms with Crippen molar-refractivity contribution in [3.8, 4) is 0 Å². The van der Waals surface area contributed by atoms with Gasteiger partial charge in [0.2, 0.25) is 0 Å². The van der Waals surface area contributed by atoms with E-state index < -0.39 is 0 Å². The minimum Gasteiger partial charge on any atom is -0.396 e. The Morgan fingerprint density at radius 3 is 2.71 bits per heavy atom. The van der Waals surface area contributed by atoms with Gasteiger partial charge in [0.15, 0.2) is 5.82 Å². The Kier molecular flexibility index (Phi) is 3.96. The van der Waals surface area contributed by atoms with Gasteiger partial charge in [0.1, 0.15) is 5.82 Å². The van der Waals surface area contributed by atoms with Crippen LogP contribution in [-0.4, -0.2) is 41.0 Å². The lowest BCUT2D eigenvalue weighted by molar-refractivity contribution is 0.249. The average Bonchev–Trinajstić information content (AvgIpc) is 2.49. The summed E-state index contributed by atoms with van der Waals surface area (Å²) in [5, 5.41) is 0. The van der Waals surface area contributed by atoms with Crippen LogP contribution in [0.5, 0.6) is 0 Å². The van der Waals surface area contributed by atoms with Crippen LogP contribution >= 0.6 is 0 Å². The largest absolute Gasteiger partial charge is 0.396 e. The number of rotatable bonds is 3. The molecule has 0 unspecified atom stereocenters. The number of hydrogen-bond acceptors (Lipinski definition) is 5. The maximum Gasteiger partial charge on any atom is 0.151 e. The normalized spacial score (nSPS) is 16.1. The number of halogens is 1. The van der Waals surface area contributed by atoms with Crippen LogP contribution in [0.4, 0.5) is 15.9 Å². The van der Waals surface area contributed by atoms with E-state index >= 15 is 0 Å². The zero-order valence-electron chi connectivity index (χ0n) is 11.7. The lowest BCUT2D eigenvalue weighted by atomic mass is 10.2. The van der Waals surface area contributed by atoms with Gasteiger partial charge in [-0.1, -0.05) is 0 Å². The molecule has 0 saturated carbocycles. The van der Waals surface area contributed by atoms with Crippen LogP contribution in [0, 0.1) is 5.82 Å². The van der Waals surface area contributed by atoms with E-state index in [1.807, 2.05) is 12.1 Å². The molecule has 0 amide bonds. The van der Waals surface area contributed by atoms with Crippen molar-refractivity contribution in [1.82, 2.24) is 14.9 Å². The van der Waals surface area contributed by atoms with Gasteiger partial charge in [-0.3, -0.25) is 9.88 Å². The summed E-state index contributed by atoms with van der Waals surface area (Å²) in [6, 6.07) is 5.25. The molecule has 21 heavy (non-hydrogen) atoms. The SMILES string of the molecule is Nc1cccnc1N1CCN(Cc2cncc(F)c2)CC1. The Hall–Kier alpha value is -2.21. The first kappa shape index (κ1) is 13.8. The summed E-state index contributed by atoms with van der Waals surface area (Å²) in [5.74, 6) is 0.567. The molecule has 0 bridgehead atoms. The van der Waals surface area contributed by atoms with Gasteiger partial charge in [-0.05, 0) is 23.8 Å². The minimum atomic E-state index is -0.285. The van der Waals surface area contributed by atoms with E-state index in [4.69, 9.17) is 5.73 Å². The van der Waals surface area contributed by atoms with E-state index in [9.17, 15) is 4.39 Å². The summed E-state index contributed by atoms with van der Waals surface area (Å²) in [5.41, 5.74) is 7.57. The molecule has 0 spiro atoms. The van der Waals surface area contributed by atoms with E-state index in [2.05, 4.69) is 19.8 Å². The van der Waals surface area contributed by atoms with Crippen molar-refractivity contribution in [2.24, 2.45) is 0 Å². The van der Waals surface area contributed by atoms with Crippen molar-refractivity contribution in [2.45, 2.75) is 6.54 Å². The smallest absolute Gasteiger partial charge is 0.151 e. The Morgan fingerprint density at radius 2 is 2.00 bits per heavy atom. The molecule has 1 aliphatic rings. The molecule has 1 aliphatic heterocycles. The molecule has 1 fully saturated rings. The number of nitrogen functional groups attached to an aromatic ring is 1. The molecule has 2 aromatic heterocycles. The minimum absolute atomic E-state index is 0.285. The summed E-state index contributed by atoms with van der Waals surface area (Å²) < 4.78 is 13.1. The number of pyridine rings is 2. The fourth-order valence-electron chi connectivity index (χ4n) is 2.59. The fraction of sp³-hybridized carbons (Fsp3) is 0.333. The highest BCUT2D eigenvalue weighted by Crippen LogP contribution is 2.21. The lowest BCUT2D eigenvalue weighted by Crippen LogP contribution is -2.46. The van der Waals surface area contributed by atoms with Crippen LogP contribution in [0.3, 0.4) is 0 Å². The van der Waals surface area contributed by atoms with E-state index in [-0.39, 0.29) is 5.82 Å². The molecule has 0 radical (unpaired) electrons. The Bertz CT molecular complexity index is 611. The zero-order chi connectivity index (χ0) is 14.7. The molecule has 3 heterocycles. The van der Waals surface area contributed by atoms with Crippen molar-refractivity contribution in [3.05, 3.63) is 48.2 Å². The second-order valence-electron chi connectivity index (χ2n) is 5.19. The van der Waals surface area contributed by atoms with Gasteiger partial charge < -0.3 is 10.6 Å². The van der Waals surface area contributed by atoms with Crippen molar-refractivity contribution < 1.29 is 4.39 Å². The number of hydrogen-bond donors (Lipinski definition) is 1. The van der Waals surface area contributed by atoms with Crippen LogP contribution in [0.2, 0.25) is 0 Å². The van der Waals surface area contributed by atoms with Crippen LogP contribution in [0.25, 0.3) is 0 Å². The van der Waals surface area contributed by atoms with Gasteiger partial charge in [0.05, 0.1) is 11.9 Å². The average molecular weight is 287 g/mol. The molecule has 6 heteroatoms. The molecule has 2 N–H and O–H groups in total. The molecular weight excluding hydrogens is 269 g/mol. The first-order chi connectivity index (χ1) is 10.2. The lowest BCUT2D eigenvalue weighted by Gasteiger charge is -2.35. The first-order valence-electron chi connectivity index (χ1n) is 6.99. The van der Waals surface area contributed by atoms with Gasteiger partial charge in [-0.15, -0.1) is 0 Å². The third-order valence-corrected chi connectivity index (χ3v) is 3.66. The number of aromatic nitrogens is 2. The van der Waals surface area contributed by atoms with Crippen LogP contribution in [0.15, 0.2) is 36.8 Å². The molecule has 0 aromatic carbocycles. The fourth-order valence-corrected chi connectivity index (χ4v) is 2.59. The predicted molar refractivity (Wildman–Crippen MR) is 80.3 cm³/mol. The van der Waals surface area contributed by atoms with Crippen molar-refractivity contribution in [2.75, 3.05) is 36.8 Å². The van der Waals surface area contributed by atoms with E-state index in [1.165, 1.54) is 12.3 Å². The Balaban J connectivity index is 1.59. The highest BCUT2D eigenvalue weighted by molar-refractivity contribution is 5.62. The highest BCUT2D eigenvalue weighted by Gasteiger charge is 2.19. The second-order valence-corrected chi connectivity index (χ2v) is 5.19. The van der Waals surface area contributed by atoms with Gasteiger partial charge in [-0.25, -0.2) is 9.37 Å². The number of anilines is 2. The maximum atomic E-state index is 13.1. The maximum absolute atomic E-state index is 13.1. The monoisotopic (exact) mass is 287 g/mol. The van der Waals surface area contributed by atoms with E-state index in [1.54, 1.807) is 12.4 Å². The van der Waals surface area contributed by atoms with Gasteiger partial charge in [-0.2, -0.15) is 0 Å². The summed E-state index contributed by atoms with van der Waals surface area (Å²) in [6.07, 6.45) is 4.70. The number of nitrogens with two attached hydrogens (primary N) is 1. The second kappa shape index (κ2) is 6.05. The Morgan fingerprint density at radius 1 is 1.19 bits per heavy atom. The zero-order valence-corrected chi connectivity index (χ0v) is 11.7. The summed E-state index contributed by atoms with van der Waals surface area (Å²) in [6.45, 7) is 4.24. The van der Waals surface area contributed by atoms with Crippen molar-refractivity contribution in [1.29, 1.82) is 0 Å². The molecule has 2 aromatic rings.